The molecular weight excluding hydrogens is 765 g/mol. The van der Waals surface area contributed by atoms with Crippen LogP contribution in [0.15, 0.2) is 0 Å². The minimum Gasteiger partial charge on any atom is -0.395 e. The van der Waals surface area contributed by atoms with Gasteiger partial charge in [0.15, 0.2) is 0 Å². The average Bonchev–Trinajstić information content (AvgIpc) is 2.85. The van der Waals surface area contributed by atoms with Crippen molar-refractivity contribution in [1.82, 2.24) is 9.21 Å². The molecule has 0 aromatic heterocycles. The Morgan fingerprint density at radius 1 is 0.574 bits per heavy atom. The molecule has 0 spiro atoms. The minimum absolute atomic E-state index is 0.552. The fourth-order valence-electron chi connectivity index (χ4n) is 3.29. The van der Waals surface area contributed by atoms with Crippen molar-refractivity contribution in [1.29, 1.82) is 0 Å². The summed E-state index contributed by atoms with van der Waals surface area (Å²) >= 11 is 0. The van der Waals surface area contributed by atoms with E-state index in [0.717, 1.165) is 19.0 Å². The molecule has 0 rings (SSSR count). The summed E-state index contributed by atoms with van der Waals surface area (Å²) in [6.07, 6.45) is -10.5. The van der Waals surface area contributed by atoms with Crippen molar-refractivity contribution in [2.24, 2.45) is 0 Å². The maximum Gasteiger partial charge on any atom is 0.460 e. The summed E-state index contributed by atoms with van der Waals surface area (Å²) in [5.41, 5.74) is 0. The van der Waals surface area contributed by atoms with E-state index in [1.165, 1.54) is 0 Å². The first kappa shape index (κ1) is 45.4. The summed E-state index contributed by atoms with van der Waals surface area (Å²) in [5, 5.41) is 1.40. The monoisotopic (exact) mass is 786 g/mol. The van der Waals surface area contributed by atoms with Gasteiger partial charge in [-0.15, -0.1) is 0 Å². The molecule has 0 fully saturated rings. The third kappa shape index (κ3) is 7.47. The minimum atomic E-state index is -9.26. The van der Waals surface area contributed by atoms with Gasteiger partial charge >= 0.3 is 52.9 Å². The predicted octanol–water partition coefficient (Wildman–Crippen LogP) is 4.81. The molecule has 284 valence electrons. The summed E-state index contributed by atoms with van der Waals surface area (Å²) in [6.45, 7) is -4.26. The van der Waals surface area contributed by atoms with Crippen LogP contribution in [0.25, 0.3) is 0 Å². The largest absolute Gasteiger partial charge is 0.460 e. The molecule has 0 aromatic carbocycles. The van der Waals surface area contributed by atoms with Crippen molar-refractivity contribution in [3.63, 3.8) is 0 Å². The van der Waals surface area contributed by atoms with Crippen LogP contribution in [0, 0.1) is 0 Å². The van der Waals surface area contributed by atoms with Crippen LogP contribution in [0.2, 0.25) is 0 Å². The van der Waals surface area contributed by atoms with Crippen LogP contribution in [0.1, 0.15) is 12.8 Å². The zero-order valence-corrected chi connectivity index (χ0v) is 24.4. The van der Waals surface area contributed by atoms with Crippen molar-refractivity contribution < 1.29 is 110 Å². The molecule has 0 heterocycles. The first-order chi connectivity index (χ1) is 20.2. The quantitative estimate of drug-likeness (QED) is 0.152. The van der Waals surface area contributed by atoms with E-state index in [1.54, 1.807) is 0 Å². The van der Waals surface area contributed by atoms with Crippen molar-refractivity contribution in [3.8, 4) is 0 Å². The van der Waals surface area contributed by atoms with Gasteiger partial charge in [0.25, 0.3) is 20.1 Å². The van der Waals surface area contributed by atoms with E-state index in [4.69, 9.17) is 4.55 Å². The highest BCUT2D eigenvalue weighted by atomic mass is 32.2. The van der Waals surface area contributed by atoms with Crippen LogP contribution in [-0.4, -0.2) is 134 Å². The van der Waals surface area contributed by atoms with E-state index in [0.29, 0.717) is 0 Å². The van der Waals surface area contributed by atoms with Gasteiger partial charge in [0, 0.05) is 12.6 Å². The molecule has 2 N–H and O–H groups in total. The van der Waals surface area contributed by atoms with Crippen LogP contribution in [0.3, 0.4) is 0 Å². The number of halogens is 19. The van der Waals surface area contributed by atoms with Gasteiger partial charge in [-0.2, -0.15) is 96.1 Å². The van der Waals surface area contributed by atoms with Gasteiger partial charge in [-0.3, -0.25) is 4.55 Å². The highest BCUT2D eigenvalue weighted by Gasteiger charge is 2.97. The van der Waals surface area contributed by atoms with Crippen molar-refractivity contribution in [2.45, 2.75) is 71.8 Å². The summed E-state index contributed by atoms with van der Waals surface area (Å²) in [4.78, 5) is 1.04. The molecule has 0 aliphatic heterocycles. The Kier molecular flexibility index (Phi) is 12.8. The Bertz CT molecular complexity index is 1300. The summed E-state index contributed by atoms with van der Waals surface area (Å²) < 4.78 is 314. The maximum absolute atomic E-state index is 14.8. The molecule has 1 unspecified atom stereocenters. The Morgan fingerprint density at radius 3 is 1.21 bits per heavy atom. The fourth-order valence-corrected chi connectivity index (χ4v) is 5.47. The van der Waals surface area contributed by atoms with Gasteiger partial charge in [0.05, 0.1) is 12.4 Å². The van der Waals surface area contributed by atoms with Gasteiger partial charge in [-0.05, 0) is 33.5 Å². The molecule has 47 heavy (non-hydrogen) atoms. The molecule has 0 saturated carbocycles. The molecule has 0 radical (unpaired) electrons. The van der Waals surface area contributed by atoms with Gasteiger partial charge in [0.2, 0.25) is 0 Å². The zero-order chi connectivity index (χ0) is 38.5. The van der Waals surface area contributed by atoms with Crippen LogP contribution in [-0.2, 0) is 20.1 Å². The number of alkyl halides is 19. The average molecular weight is 786 g/mol. The number of aliphatic hydroxyl groups excluding tert-OH is 1. The Balaban J connectivity index is 7.38. The smallest absolute Gasteiger partial charge is 0.395 e. The highest BCUT2D eigenvalue weighted by Crippen LogP contribution is 2.65. The second kappa shape index (κ2) is 13.3. The van der Waals surface area contributed by atoms with Gasteiger partial charge in [-0.25, -0.2) is 8.42 Å². The lowest BCUT2D eigenvalue weighted by atomic mass is 9.89. The lowest BCUT2D eigenvalue weighted by Gasteiger charge is -2.44. The second-order valence-corrected chi connectivity index (χ2v) is 13.2. The molecule has 0 amide bonds. The van der Waals surface area contributed by atoms with Crippen LogP contribution in [0.4, 0.5) is 83.4 Å². The maximum atomic E-state index is 14.8. The number of aliphatic hydroxyl groups is 1. The SMILES string of the molecule is CN(C)CCC(CO)N(CCCS(=O)(=O)O)S(=O)(=O)C(F)(F)C(F)(F)C(F)(F)C(F)(F)C(F)(F)C(F)(F)C(F)(F)C(F)(F)C(F)(F)F. The number of hydrogen-bond donors (Lipinski definition) is 2. The Labute approximate surface area is 251 Å². The first-order valence-electron chi connectivity index (χ1n) is 11.5. The summed E-state index contributed by atoms with van der Waals surface area (Å²) in [6, 6.07) is -2.55. The van der Waals surface area contributed by atoms with E-state index in [-0.39, 0.29) is 0 Å². The van der Waals surface area contributed by atoms with Gasteiger partial charge in [0.1, 0.15) is 0 Å². The van der Waals surface area contributed by atoms with Crippen molar-refractivity contribution in [2.75, 3.05) is 39.5 Å². The highest BCUT2D eigenvalue weighted by molar-refractivity contribution is 7.90. The molecule has 0 saturated heterocycles. The predicted molar refractivity (Wildman–Crippen MR) is 116 cm³/mol. The summed E-state index contributed by atoms with van der Waals surface area (Å²) in [7, 11) is -10.8. The zero-order valence-electron chi connectivity index (χ0n) is 22.7. The Morgan fingerprint density at radius 2 is 0.915 bits per heavy atom. The van der Waals surface area contributed by atoms with Crippen LogP contribution >= 0.6 is 0 Å². The molecule has 0 bridgehead atoms. The van der Waals surface area contributed by atoms with E-state index < -0.39 is 122 Å². The number of sulfonamides is 1. The molecule has 1 atom stereocenters. The molecule has 0 aliphatic rings. The summed E-state index contributed by atoms with van der Waals surface area (Å²) in [5.74, 6) is -64.6. The Hall–Kier alpha value is -1.59. The van der Waals surface area contributed by atoms with Gasteiger partial charge < -0.3 is 10.0 Å². The van der Waals surface area contributed by atoms with Crippen LogP contribution in [0.5, 0.6) is 0 Å². The second-order valence-electron chi connectivity index (χ2n) is 9.72. The van der Waals surface area contributed by atoms with E-state index in [2.05, 4.69) is 0 Å². The molecule has 0 aliphatic carbocycles. The third-order valence-corrected chi connectivity index (χ3v) is 8.84. The standard InChI is InChI=1S/C18H21F19N2O6S2/c1-38(2)6-4-9(8-40)39(5-3-7-46(41,42)43)47(44,45)18(36,37)16(31,32)14(27,28)12(23,24)10(19,20)11(21,22)13(25,26)15(29,30)17(33,34)35/h9,40H,3-8H2,1-2H3,(H,41,42,43). The first-order valence-corrected chi connectivity index (χ1v) is 14.6. The van der Waals surface area contributed by atoms with Gasteiger partial charge in [-0.1, -0.05) is 0 Å². The topological polar surface area (TPSA) is 115 Å². The molecule has 0 aromatic rings. The molecular formula is C18H21F19N2O6S2. The van der Waals surface area contributed by atoms with Crippen molar-refractivity contribution in [3.05, 3.63) is 0 Å². The van der Waals surface area contributed by atoms with Crippen molar-refractivity contribution >= 4 is 20.1 Å². The van der Waals surface area contributed by atoms with E-state index >= 15 is 0 Å². The van der Waals surface area contributed by atoms with Crippen LogP contribution < -0.4 is 0 Å². The lowest BCUT2D eigenvalue weighted by molar-refractivity contribution is -0.466. The molecule has 29 heteroatoms. The van der Waals surface area contributed by atoms with E-state index in [9.17, 15) is 105 Å². The normalized spacial score (nSPS) is 16.7. The molecule has 8 nitrogen and oxygen atoms in total. The fraction of sp³-hybridized carbons (Fsp3) is 1.00. The third-order valence-electron chi connectivity index (χ3n) is 6.03. The number of hydrogen-bond acceptors (Lipinski definition) is 6. The number of rotatable bonds is 18. The number of nitrogens with zero attached hydrogens (tertiary/aromatic N) is 2. The van der Waals surface area contributed by atoms with E-state index in [1.807, 2.05) is 0 Å². The lowest BCUT2D eigenvalue weighted by Crippen LogP contribution is -2.76.